The topological polar surface area (TPSA) is 86.9 Å². The van der Waals surface area contributed by atoms with Gasteiger partial charge in [-0.1, -0.05) is 39.5 Å². The van der Waals surface area contributed by atoms with E-state index in [0.717, 1.165) is 16.5 Å². The molecular formula is C25H33F2N7. The maximum atomic E-state index is 12.9. The van der Waals surface area contributed by atoms with E-state index in [9.17, 15) is 8.78 Å². The second kappa shape index (κ2) is 9.64. The van der Waals surface area contributed by atoms with Crippen LogP contribution >= 0.6 is 0 Å². The fraction of sp³-hybridized carbons (Fsp3) is 0.520. The minimum Gasteiger partial charge on any atom is -0.367 e. The molecule has 0 aliphatic heterocycles. The van der Waals surface area contributed by atoms with Gasteiger partial charge in [-0.3, -0.25) is 0 Å². The van der Waals surface area contributed by atoms with E-state index in [-0.39, 0.29) is 5.95 Å². The summed E-state index contributed by atoms with van der Waals surface area (Å²) in [5, 5.41) is 4.14. The summed E-state index contributed by atoms with van der Waals surface area (Å²) in [4.78, 5) is 13.1. The van der Waals surface area contributed by atoms with E-state index in [1.165, 1.54) is 43.1 Å². The Balaban J connectivity index is 0.000000257. The number of alkyl halides is 2. The summed E-state index contributed by atoms with van der Waals surface area (Å²) in [6, 6.07) is 5.45. The van der Waals surface area contributed by atoms with Crippen molar-refractivity contribution >= 4 is 22.6 Å². The minimum atomic E-state index is -2.48. The highest BCUT2D eigenvalue weighted by Gasteiger charge is 2.23. The molecule has 1 aliphatic rings. The van der Waals surface area contributed by atoms with Crippen LogP contribution in [0.2, 0.25) is 0 Å². The number of pyridine rings is 1. The van der Waals surface area contributed by atoms with E-state index in [1.54, 1.807) is 23.7 Å². The van der Waals surface area contributed by atoms with Gasteiger partial charge in [0.05, 0.1) is 23.4 Å². The number of nitrogen functional groups attached to an aromatic ring is 1. The first kappa shape index (κ1) is 24.0. The molecule has 0 unspecified atom stereocenters. The lowest BCUT2D eigenvalue weighted by Gasteiger charge is -2.32. The van der Waals surface area contributed by atoms with Crippen molar-refractivity contribution in [1.82, 2.24) is 29.1 Å². The van der Waals surface area contributed by atoms with Crippen molar-refractivity contribution < 1.29 is 8.78 Å². The second-order valence-corrected chi connectivity index (χ2v) is 9.50. The molecule has 2 N–H and O–H groups in total. The number of fused-ring (bicyclic) bond motifs is 2. The third-order valence-electron chi connectivity index (χ3n) is 7.00. The molecule has 0 aromatic carbocycles. The number of hydrogen-bond donors (Lipinski definition) is 1. The average Bonchev–Trinajstić information content (AvgIpc) is 3.35. The largest absolute Gasteiger partial charge is 0.367 e. The Morgan fingerprint density at radius 3 is 2.44 bits per heavy atom. The monoisotopic (exact) mass is 469 g/mol. The summed E-state index contributed by atoms with van der Waals surface area (Å²) < 4.78 is 28.8. The van der Waals surface area contributed by atoms with Crippen molar-refractivity contribution in [3.8, 4) is 11.3 Å². The third-order valence-corrected chi connectivity index (χ3v) is 7.00. The minimum absolute atomic E-state index is 0.182. The van der Waals surface area contributed by atoms with Gasteiger partial charge in [0.15, 0.2) is 5.65 Å². The number of nitrogens with zero attached hydrogens (tertiary/aromatic N) is 6. The summed E-state index contributed by atoms with van der Waals surface area (Å²) in [6.07, 6.45) is 8.06. The van der Waals surface area contributed by atoms with E-state index in [0.29, 0.717) is 28.4 Å². The smallest absolute Gasteiger partial charge is 0.256 e. The van der Waals surface area contributed by atoms with Crippen LogP contribution in [0.4, 0.5) is 14.7 Å². The number of rotatable bonds is 4. The van der Waals surface area contributed by atoms with Crippen molar-refractivity contribution in [3.63, 3.8) is 0 Å². The van der Waals surface area contributed by atoms with Crippen LogP contribution in [0.25, 0.3) is 27.9 Å². The van der Waals surface area contributed by atoms with Gasteiger partial charge in [-0.2, -0.15) is 0 Å². The highest BCUT2D eigenvalue weighted by molar-refractivity contribution is 5.84. The van der Waals surface area contributed by atoms with Gasteiger partial charge in [-0.15, -0.1) is 5.10 Å². The van der Waals surface area contributed by atoms with Crippen LogP contribution in [0.15, 0.2) is 24.4 Å². The predicted molar refractivity (Wildman–Crippen MR) is 131 cm³/mol. The van der Waals surface area contributed by atoms with Gasteiger partial charge in [-0.05, 0) is 50.3 Å². The Hall–Kier alpha value is -3.10. The molecule has 0 saturated heterocycles. The number of aromatic nitrogens is 6. The molecule has 5 rings (SSSR count). The standard InChI is InChI=1S/C16H15F2N7.C9H18/c1-8-14-10(5-6-25(14)23-16(19)20-8)11-3-4-12-15(22-11)24(7-13(17)18)9(2)21-12;1-3-9(2)7-5-4-6-8-9/h3-6,13H,7H2,1-2H3,(H2,19,23);3-8H2,1-2H3. The summed E-state index contributed by atoms with van der Waals surface area (Å²) in [5.74, 6) is 0.690. The molecule has 0 amide bonds. The summed E-state index contributed by atoms with van der Waals surface area (Å²) in [7, 11) is 0. The SMILES string of the molecule is CCC1(C)CCCCC1.Cc1nc(N)nn2ccc(-c3ccc4nc(C)n(CC(F)F)c4n3)c12. The maximum absolute atomic E-state index is 12.9. The Kier molecular flexibility index (Phi) is 6.81. The van der Waals surface area contributed by atoms with Gasteiger partial charge in [0, 0.05) is 11.8 Å². The predicted octanol–water partition coefficient (Wildman–Crippen LogP) is 5.97. The average molecular weight is 470 g/mol. The Bertz CT molecular complexity index is 1290. The molecule has 0 atom stereocenters. The molecule has 0 radical (unpaired) electrons. The molecule has 0 spiro atoms. The number of anilines is 1. The van der Waals surface area contributed by atoms with Crippen molar-refractivity contribution in [3.05, 3.63) is 35.9 Å². The first-order valence-electron chi connectivity index (χ1n) is 11.9. The van der Waals surface area contributed by atoms with Crippen LogP contribution in [-0.2, 0) is 6.54 Å². The first-order chi connectivity index (χ1) is 16.2. The van der Waals surface area contributed by atoms with Gasteiger partial charge < -0.3 is 10.3 Å². The highest BCUT2D eigenvalue weighted by Crippen LogP contribution is 2.38. The number of nitrogens with two attached hydrogens (primary N) is 1. The lowest BCUT2D eigenvalue weighted by atomic mass is 9.74. The van der Waals surface area contributed by atoms with Crippen molar-refractivity contribution in [1.29, 1.82) is 0 Å². The molecule has 182 valence electrons. The zero-order valence-corrected chi connectivity index (χ0v) is 20.4. The third kappa shape index (κ3) is 4.88. The molecule has 1 aliphatic carbocycles. The molecule has 4 heterocycles. The van der Waals surface area contributed by atoms with E-state index >= 15 is 0 Å². The Labute approximate surface area is 198 Å². The van der Waals surface area contributed by atoms with Crippen LogP contribution < -0.4 is 5.73 Å². The summed E-state index contributed by atoms with van der Waals surface area (Å²) >= 11 is 0. The Morgan fingerprint density at radius 1 is 1.06 bits per heavy atom. The van der Waals surface area contributed by atoms with Crippen molar-refractivity contribution in [2.24, 2.45) is 5.41 Å². The van der Waals surface area contributed by atoms with Gasteiger partial charge in [0.25, 0.3) is 6.43 Å². The fourth-order valence-corrected chi connectivity index (χ4v) is 4.81. The van der Waals surface area contributed by atoms with Gasteiger partial charge in [-0.25, -0.2) is 28.2 Å². The van der Waals surface area contributed by atoms with Crippen molar-refractivity contribution in [2.75, 3.05) is 5.73 Å². The van der Waals surface area contributed by atoms with Crippen LogP contribution in [0.1, 0.15) is 63.9 Å². The summed E-state index contributed by atoms with van der Waals surface area (Å²) in [6.45, 7) is 7.85. The van der Waals surface area contributed by atoms with E-state index in [1.807, 2.05) is 19.1 Å². The molecule has 1 fully saturated rings. The zero-order chi connectivity index (χ0) is 24.5. The molecule has 0 bridgehead atoms. The molecule has 9 heteroatoms. The molecular weight excluding hydrogens is 436 g/mol. The fourth-order valence-electron chi connectivity index (χ4n) is 4.81. The number of hydrogen-bond acceptors (Lipinski definition) is 5. The maximum Gasteiger partial charge on any atom is 0.256 e. The van der Waals surface area contributed by atoms with Gasteiger partial charge >= 0.3 is 0 Å². The normalized spacial score (nSPS) is 15.6. The second-order valence-electron chi connectivity index (χ2n) is 9.50. The number of aryl methyl sites for hydroxylation is 2. The van der Waals surface area contributed by atoms with E-state index in [2.05, 4.69) is 33.9 Å². The van der Waals surface area contributed by atoms with E-state index in [4.69, 9.17) is 5.73 Å². The zero-order valence-electron chi connectivity index (χ0n) is 20.4. The molecule has 4 aromatic rings. The van der Waals surface area contributed by atoms with E-state index < -0.39 is 13.0 Å². The Morgan fingerprint density at radius 2 is 1.79 bits per heavy atom. The van der Waals surface area contributed by atoms with Gasteiger partial charge in [0.2, 0.25) is 5.95 Å². The lowest BCUT2D eigenvalue weighted by molar-refractivity contribution is 0.127. The molecule has 4 aromatic heterocycles. The van der Waals surface area contributed by atoms with Gasteiger partial charge in [0.1, 0.15) is 11.3 Å². The van der Waals surface area contributed by atoms with Crippen molar-refractivity contribution in [2.45, 2.75) is 79.2 Å². The van der Waals surface area contributed by atoms with Crippen LogP contribution in [0.3, 0.4) is 0 Å². The molecule has 34 heavy (non-hydrogen) atoms. The highest BCUT2D eigenvalue weighted by atomic mass is 19.3. The number of imidazole rings is 1. The van der Waals surface area contributed by atoms with Crippen LogP contribution in [0.5, 0.6) is 0 Å². The molecule has 1 saturated carbocycles. The molecule has 7 nitrogen and oxygen atoms in total. The van der Waals surface area contributed by atoms with Crippen LogP contribution in [0, 0.1) is 19.3 Å². The lowest BCUT2D eigenvalue weighted by Crippen LogP contribution is -2.18. The quantitative estimate of drug-likeness (QED) is 0.398. The number of halogens is 2. The summed E-state index contributed by atoms with van der Waals surface area (Å²) in [5.41, 5.74) is 10.4. The first-order valence-corrected chi connectivity index (χ1v) is 11.9. The van der Waals surface area contributed by atoms with Crippen LogP contribution in [-0.4, -0.2) is 35.6 Å².